The minimum absolute atomic E-state index is 0.149. The van der Waals surface area contributed by atoms with Gasteiger partial charge in [-0.15, -0.1) is 0 Å². The van der Waals surface area contributed by atoms with Crippen LogP contribution in [0.5, 0.6) is 5.75 Å². The van der Waals surface area contributed by atoms with Gasteiger partial charge in [-0.3, -0.25) is 14.7 Å². The maximum atomic E-state index is 13.6. The molecule has 6 heteroatoms. The number of carbonyl (C=O) groups is 1. The summed E-state index contributed by atoms with van der Waals surface area (Å²) in [5.74, 6) is -2.66. The third kappa shape index (κ3) is 6.47. The number of nitrogens with zero attached hydrogens (tertiary/aromatic N) is 2. The zero-order valence-electron chi connectivity index (χ0n) is 20.9. The van der Waals surface area contributed by atoms with Crippen molar-refractivity contribution in [3.8, 4) is 16.9 Å². The number of ether oxygens (including phenoxy) is 1. The fourth-order valence-corrected chi connectivity index (χ4v) is 4.02. The van der Waals surface area contributed by atoms with Gasteiger partial charge in [0, 0.05) is 24.0 Å². The van der Waals surface area contributed by atoms with Gasteiger partial charge in [-0.1, -0.05) is 63.4 Å². The summed E-state index contributed by atoms with van der Waals surface area (Å²) >= 11 is 0. The van der Waals surface area contributed by atoms with Gasteiger partial charge in [0.1, 0.15) is 5.75 Å². The van der Waals surface area contributed by atoms with Gasteiger partial charge in [-0.05, 0) is 61.2 Å². The highest BCUT2D eigenvalue weighted by molar-refractivity contribution is 5.95. The van der Waals surface area contributed by atoms with Crippen molar-refractivity contribution in [3.05, 3.63) is 84.2 Å². The van der Waals surface area contributed by atoms with Crippen LogP contribution < -0.4 is 4.74 Å². The zero-order valence-corrected chi connectivity index (χ0v) is 20.9. The fraction of sp³-hybridized carbons (Fsp3) is 0.379. The first-order valence-corrected chi connectivity index (χ1v) is 12.4. The lowest BCUT2D eigenvalue weighted by molar-refractivity contribution is -0.266. The Balaban J connectivity index is 1.88. The Morgan fingerprint density at radius 1 is 0.971 bits per heavy atom. The molecule has 3 rings (SSSR count). The minimum atomic E-state index is -2.55. The number of carbonyl (C=O) groups excluding carboxylic acids is 1. The molecule has 0 aliphatic rings. The third-order valence-electron chi connectivity index (χ3n) is 6.22. The van der Waals surface area contributed by atoms with E-state index >= 15 is 0 Å². The number of para-hydroxylation sites is 1. The van der Waals surface area contributed by atoms with Crippen LogP contribution in [0.1, 0.15) is 68.8 Å². The van der Waals surface area contributed by atoms with E-state index in [1.54, 1.807) is 55.7 Å². The molecule has 3 aromatic rings. The minimum Gasteiger partial charge on any atom is -0.493 e. The highest BCUT2D eigenvalue weighted by Gasteiger charge is 2.42. The lowest BCUT2D eigenvalue weighted by Crippen LogP contribution is -2.53. The second-order valence-electron chi connectivity index (χ2n) is 8.79. The highest BCUT2D eigenvalue weighted by Crippen LogP contribution is 2.34. The van der Waals surface area contributed by atoms with Crippen molar-refractivity contribution >= 4 is 5.91 Å². The molecule has 0 radical (unpaired) electrons. The van der Waals surface area contributed by atoms with E-state index in [0.717, 1.165) is 41.7 Å². The molecule has 0 aliphatic carbocycles. The number of rotatable bonds is 12. The first-order valence-electron chi connectivity index (χ1n) is 12.4. The number of benzene rings is 2. The third-order valence-corrected chi connectivity index (χ3v) is 6.22. The van der Waals surface area contributed by atoms with Crippen molar-refractivity contribution in [1.29, 1.82) is 0 Å². The number of aliphatic hydroxyl groups is 2. The first kappa shape index (κ1) is 26.4. The molecule has 0 aliphatic heterocycles. The average Bonchev–Trinajstić information content (AvgIpc) is 2.89. The standard InChI is InChI=1S/C29H36N2O4/c1-4-6-7-10-20-35-27-14-9-8-13-26(27)29(33,34)31(22(3)5-2)28(32)24-17-15-23(16-18-24)25-12-11-19-30-21-25/h8-9,11-19,21-22,33-34H,4-7,10,20H2,1-3H3. The van der Waals surface area contributed by atoms with Crippen LogP contribution in [-0.2, 0) is 5.91 Å². The smallest absolute Gasteiger partial charge is 0.281 e. The summed E-state index contributed by atoms with van der Waals surface area (Å²) in [6.07, 6.45) is 8.20. The quantitative estimate of drug-likeness (QED) is 0.257. The molecule has 2 aromatic carbocycles. The normalized spacial score (nSPS) is 12.3. The van der Waals surface area contributed by atoms with Crippen LogP contribution in [0.15, 0.2) is 73.1 Å². The first-order chi connectivity index (χ1) is 16.9. The van der Waals surface area contributed by atoms with Gasteiger partial charge in [0.15, 0.2) is 0 Å². The maximum absolute atomic E-state index is 13.6. The monoisotopic (exact) mass is 476 g/mol. The predicted octanol–water partition coefficient (Wildman–Crippen LogP) is 5.74. The number of amides is 1. The summed E-state index contributed by atoms with van der Waals surface area (Å²) < 4.78 is 5.92. The predicted molar refractivity (Wildman–Crippen MR) is 138 cm³/mol. The zero-order chi connectivity index (χ0) is 25.3. The Hall–Kier alpha value is -3.22. The van der Waals surface area contributed by atoms with E-state index in [-0.39, 0.29) is 5.56 Å². The van der Waals surface area contributed by atoms with Crippen LogP contribution in [0.4, 0.5) is 0 Å². The highest BCUT2D eigenvalue weighted by atomic mass is 16.5. The Labute approximate surface area is 208 Å². The molecular formula is C29H36N2O4. The molecule has 1 amide bonds. The van der Waals surface area contributed by atoms with E-state index in [0.29, 0.717) is 24.3 Å². The Morgan fingerprint density at radius 2 is 1.71 bits per heavy atom. The Bertz CT molecular complexity index is 1070. The molecule has 0 bridgehead atoms. The fourth-order valence-electron chi connectivity index (χ4n) is 4.02. The molecule has 0 fully saturated rings. The van der Waals surface area contributed by atoms with Crippen molar-refractivity contribution in [2.75, 3.05) is 6.61 Å². The number of unbranched alkanes of at least 4 members (excludes halogenated alkanes) is 3. The van der Waals surface area contributed by atoms with Gasteiger partial charge in [0.25, 0.3) is 11.8 Å². The average molecular weight is 477 g/mol. The largest absolute Gasteiger partial charge is 0.493 e. The van der Waals surface area contributed by atoms with Crippen molar-refractivity contribution in [3.63, 3.8) is 0 Å². The lowest BCUT2D eigenvalue weighted by atomic mass is 10.0. The maximum Gasteiger partial charge on any atom is 0.281 e. The van der Waals surface area contributed by atoms with E-state index in [2.05, 4.69) is 11.9 Å². The molecule has 35 heavy (non-hydrogen) atoms. The summed E-state index contributed by atoms with van der Waals surface area (Å²) in [6.45, 7) is 6.33. The number of pyridine rings is 1. The molecule has 2 N–H and O–H groups in total. The summed E-state index contributed by atoms with van der Waals surface area (Å²) in [7, 11) is 0. The summed E-state index contributed by atoms with van der Waals surface area (Å²) in [5.41, 5.74) is 2.37. The van der Waals surface area contributed by atoms with E-state index in [1.807, 2.05) is 31.2 Å². The number of hydrogen-bond acceptors (Lipinski definition) is 5. The Morgan fingerprint density at radius 3 is 2.37 bits per heavy atom. The second kappa shape index (κ2) is 12.5. The van der Waals surface area contributed by atoms with Crippen LogP contribution in [0, 0.1) is 0 Å². The van der Waals surface area contributed by atoms with Crippen LogP contribution in [-0.4, -0.2) is 38.7 Å². The summed E-state index contributed by atoms with van der Waals surface area (Å²) in [4.78, 5) is 18.9. The molecular weight excluding hydrogens is 440 g/mol. The molecule has 1 unspecified atom stereocenters. The molecule has 186 valence electrons. The van der Waals surface area contributed by atoms with E-state index < -0.39 is 17.9 Å². The van der Waals surface area contributed by atoms with Crippen LogP contribution in [0.2, 0.25) is 0 Å². The second-order valence-corrected chi connectivity index (χ2v) is 8.79. The Kier molecular flexibility index (Phi) is 9.40. The molecule has 6 nitrogen and oxygen atoms in total. The van der Waals surface area contributed by atoms with Gasteiger partial charge in [0.05, 0.1) is 12.2 Å². The SMILES string of the molecule is CCCCCCOc1ccccc1C(O)(O)N(C(=O)c1ccc(-c2cccnc2)cc1)C(C)CC. The van der Waals surface area contributed by atoms with Gasteiger partial charge in [-0.2, -0.15) is 0 Å². The van der Waals surface area contributed by atoms with Crippen molar-refractivity contribution in [2.45, 2.75) is 64.8 Å². The van der Waals surface area contributed by atoms with Gasteiger partial charge >= 0.3 is 0 Å². The molecule has 0 spiro atoms. The van der Waals surface area contributed by atoms with E-state index in [1.165, 1.54) is 0 Å². The van der Waals surface area contributed by atoms with Gasteiger partial charge in [-0.25, -0.2) is 0 Å². The van der Waals surface area contributed by atoms with Crippen LogP contribution in [0.25, 0.3) is 11.1 Å². The molecule has 1 atom stereocenters. The summed E-state index contributed by atoms with van der Waals surface area (Å²) in [6, 6.07) is 17.2. The van der Waals surface area contributed by atoms with Gasteiger partial charge < -0.3 is 14.9 Å². The van der Waals surface area contributed by atoms with Crippen molar-refractivity contribution < 1.29 is 19.7 Å². The van der Waals surface area contributed by atoms with Crippen molar-refractivity contribution in [1.82, 2.24) is 9.88 Å². The number of hydrogen-bond donors (Lipinski definition) is 2. The van der Waals surface area contributed by atoms with E-state index in [4.69, 9.17) is 4.74 Å². The van der Waals surface area contributed by atoms with Crippen molar-refractivity contribution in [2.24, 2.45) is 0 Å². The molecule has 1 heterocycles. The molecule has 0 saturated carbocycles. The molecule has 1 aromatic heterocycles. The number of aromatic nitrogens is 1. The van der Waals surface area contributed by atoms with Crippen LogP contribution in [0.3, 0.4) is 0 Å². The molecule has 0 saturated heterocycles. The van der Waals surface area contributed by atoms with Crippen LogP contribution >= 0.6 is 0 Å². The topological polar surface area (TPSA) is 82.9 Å². The lowest BCUT2D eigenvalue weighted by Gasteiger charge is -2.40. The summed E-state index contributed by atoms with van der Waals surface area (Å²) in [5, 5.41) is 22.8. The van der Waals surface area contributed by atoms with E-state index in [9.17, 15) is 15.0 Å². The van der Waals surface area contributed by atoms with Gasteiger partial charge in [0.2, 0.25) is 0 Å².